The molecule has 1 N–H and O–H groups in total. The molecular weight excluding hydrogens is 206 g/mol. The van der Waals surface area contributed by atoms with Gasteiger partial charge in [-0.1, -0.05) is 12.1 Å². The van der Waals surface area contributed by atoms with Gasteiger partial charge in [0.25, 0.3) is 0 Å². The van der Waals surface area contributed by atoms with Gasteiger partial charge in [0.1, 0.15) is 0 Å². The van der Waals surface area contributed by atoms with Gasteiger partial charge in [0, 0.05) is 24.5 Å². The van der Waals surface area contributed by atoms with Crippen LogP contribution in [0.3, 0.4) is 0 Å². The standard InChI is InChI=1S/C12H19NOS/c1-13-8-11(9-14-2)10-4-6-12(15-3)7-5-10/h4-7,11,13H,8-9H2,1-3H3. The monoisotopic (exact) mass is 225 g/mol. The van der Waals surface area contributed by atoms with Crippen molar-refractivity contribution in [2.45, 2.75) is 10.8 Å². The molecule has 1 rings (SSSR count). The minimum atomic E-state index is 0.441. The predicted octanol–water partition coefficient (Wildman–Crippen LogP) is 2.36. The highest BCUT2D eigenvalue weighted by Crippen LogP contribution is 2.20. The first-order chi connectivity index (χ1) is 7.31. The molecule has 0 spiro atoms. The van der Waals surface area contributed by atoms with Gasteiger partial charge in [-0.25, -0.2) is 0 Å². The van der Waals surface area contributed by atoms with E-state index in [9.17, 15) is 0 Å². The normalized spacial score (nSPS) is 12.7. The number of benzene rings is 1. The number of methoxy groups -OCH3 is 1. The summed E-state index contributed by atoms with van der Waals surface area (Å²) in [5, 5.41) is 3.19. The van der Waals surface area contributed by atoms with E-state index >= 15 is 0 Å². The molecule has 0 aliphatic rings. The number of rotatable bonds is 6. The third kappa shape index (κ3) is 3.86. The minimum Gasteiger partial charge on any atom is -0.384 e. The zero-order chi connectivity index (χ0) is 11.1. The van der Waals surface area contributed by atoms with Gasteiger partial charge in [0.15, 0.2) is 0 Å². The second-order valence-corrected chi connectivity index (χ2v) is 4.36. The summed E-state index contributed by atoms with van der Waals surface area (Å²) in [5.41, 5.74) is 1.34. The maximum atomic E-state index is 5.22. The van der Waals surface area contributed by atoms with Crippen LogP contribution in [0.5, 0.6) is 0 Å². The minimum absolute atomic E-state index is 0.441. The van der Waals surface area contributed by atoms with Gasteiger partial charge in [0.05, 0.1) is 6.61 Å². The van der Waals surface area contributed by atoms with E-state index in [-0.39, 0.29) is 0 Å². The Kier molecular flexibility index (Phi) is 5.76. The van der Waals surface area contributed by atoms with Crippen LogP contribution in [0.1, 0.15) is 11.5 Å². The van der Waals surface area contributed by atoms with Crippen molar-refractivity contribution >= 4 is 11.8 Å². The Morgan fingerprint density at radius 2 is 2.00 bits per heavy atom. The Morgan fingerprint density at radius 3 is 2.47 bits per heavy atom. The van der Waals surface area contributed by atoms with Gasteiger partial charge in [-0.05, 0) is 31.0 Å². The fourth-order valence-electron chi connectivity index (χ4n) is 1.60. The summed E-state index contributed by atoms with van der Waals surface area (Å²) in [6, 6.07) is 8.70. The molecule has 0 saturated heterocycles. The van der Waals surface area contributed by atoms with Crippen molar-refractivity contribution in [3.63, 3.8) is 0 Å². The molecule has 1 unspecified atom stereocenters. The van der Waals surface area contributed by atoms with Crippen molar-refractivity contribution in [1.29, 1.82) is 0 Å². The van der Waals surface area contributed by atoms with E-state index in [1.807, 2.05) is 7.05 Å². The van der Waals surface area contributed by atoms with Crippen molar-refractivity contribution < 1.29 is 4.74 Å². The fourth-order valence-corrected chi connectivity index (χ4v) is 2.00. The van der Waals surface area contributed by atoms with E-state index < -0.39 is 0 Å². The lowest BCUT2D eigenvalue weighted by Gasteiger charge is -2.16. The molecule has 1 aromatic carbocycles. The number of thioether (sulfide) groups is 1. The van der Waals surface area contributed by atoms with Crippen LogP contribution in [0, 0.1) is 0 Å². The molecule has 0 fully saturated rings. The zero-order valence-corrected chi connectivity index (χ0v) is 10.4. The van der Waals surface area contributed by atoms with Crippen molar-refractivity contribution in [2.75, 3.05) is 33.6 Å². The molecule has 0 amide bonds. The molecule has 84 valence electrons. The zero-order valence-electron chi connectivity index (χ0n) is 9.62. The largest absolute Gasteiger partial charge is 0.384 e. The molecule has 1 aromatic rings. The van der Waals surface area contributed by atoms with E-state index in [4.69, 9.17) is 4.74 Å². The number of hydrogen-bond donors (Lipinski definition) is 1. The van der Waals surface area contributed by atoms with Crippen LogP contribution in [0.15, 0.2) is 29.2 Å². The molecule has 0 saturated carbocycles. The first kappa shape index (κ1) is 12.6. The van der Waals surface area contributed by atoms with Crippen LogP contribution < -0.4 is 5.32 Å². The molecule has 2 nitrogen and oxygen atoms in total. The first-order valence-corrected chi connectivity index (χ1v) is 6.31. The maximum Gasteiger partial charge on any atom is 0.0543 e. The van der Waals surface area contributed by atoms with Gasteiger partial charge >= 0.3 is 0 Å². The van der Waals surface area contributed by atoms with Crippen LogP contribution in [-0.4, -0.2) is 33.6 Å². The second-order valence-electron chi connectivity index (χ2n) is 3.48. The van der Waals surface area contributed by atoms with Crippen LogP contribution in [-0.2, 0) is 4.74 Å². The summed E-state index contributed by atoms with van der Waals surface area (Å²) < 4.78 is 5.22. The number of nitrogens with one attached hydrogen (secondary N) is 1. The Labute approximate surface area is 96.4 Å². The lowest BCUT2D eigenvalue weighted by molar-refractivity contribution is 0.178. The summed E-state index contributed by atoms with van der Waals surface area (Å²) in [7, 11) is 3.72. The molecule has 0 aliphatic carbocycles. The van der Waals surface area contributed by atoms with E-state index in [1.54, 1.807) is 18.9 Å². The molecule has 1 atom stereocenters. The number of ether oxygens (including phenoxy) is 1. The van der Waals surface area contributed by atoms with Crippen molar-refractivity contribution in [3.8, 4) is 0 Å². The molecule has 15 heavy (non-hydrogen) atoms. The van der Waals surface area contributed by atoms with Gasteiger partial charge in [-0.3, -0.25) is 0 Å². The van der Waals surface area contributed by atoms with Gasteiger partial charge in [0.2, 0.25) is 0 Å². The highest BCUT2D eigenvalue weighted by atomic mass is 32.2. The van der Waals surface area contributed by atoms with Crippen LogP contribution in [0.25, 0.3) is 0 Å². The third-order valence-corrected chi connectivity index (χ3v) is 3.15. The van der Waals surface area contributed by atoms with E-state index in [0.717, 1.165) is 13.2 Å². The van der Waals surface area contributed by atoms with Crippen molar-refractivity contribution in [2.24, 2.45) is 0 Å². The Balaban J connectivity index is 2.72. The second kappa shape index (κ2) is 6.88. The van der Waals surface area contributed by atoms with Crippen LogP contribution in [0.2, 0.25) is 0 Å². The Bertz CT molecular complexity index is 267. The van der Waals surface area contributed by atoms with Gasteiger partial charge in [-0.2, -0.15) is 0 Å². The predicted molar refractivity (Wildman–Crippen MR) is 66.8 cm³/mol. The van der Waals surface area contributed by atoms with Gasteiger partial charge in [-0.15, -0.1) is 11.8 Å². The molecule has 3 heteroatoms. The fraction of sp³-hybridized carbons (Fsp3) is 0.500. The maximum absolute atomic E-state index is 5.22. The van der Waals surface area contributed by atoms with Crippen LogP contribution >= 0.6 is 11.8 Å². The highest BCUT2D eigenvalue weighted by Gasteiger charge is 2.09. The lowest BCUT2D eigenvalue weighted by Crippen LogP contribution is -2.20. The molecular formula is C12H19NOS. The first-order valence-electron chi connectivity index (χ1n) is 5.09. The lowest BCUT2D eigenvalue weighted by atomic mass is 10.0. The average Bonchev–Trinajstić information content (AvgIpc) is 2.29. The molecule has 0 aromatic heterocycles. The summed E-state index contributed by atoms with van der Waals surface area (Å²) in [4.78, 5) is 1.30. The molecule has 0 heterocycles. The Hall–Kier alpha value is -0.510. The van der Waals surface area contributed by atoms with E-state index in [2.05, 4.69) is 35.8 Å². The quantitative estimate of drug-likeness (QED) is 0.751. The van der Waals surface area contributed by atoms with Crippen LogP contribution in [0.4, 0.5) is 0 Å². The molecule has 0 aliphatic heterocycles. The van der Waals surface area contributed by atoms with E-state index in [1.165, 1.54) is 10.5 Å². The third-order valence-electron chi connectivity index (χ3n) is 2.41. The average molecular weight is 225 g/mol. The topological polar surface area (TPSA) is 21.3 Å². The summed E-state index contributed by atoms with van der Waals surface area (Å²) in [5.74, 6) is 0.441. The number of likely N-dealkylation sites (N-methyl/N-ethyl adjacent to an activating group) is 1. The summed E-state index contributed by atoms with van der Waals surface area (Å²) >= 11 is 1.77. The number of hydrogen-bond acceptors (Lipinski definition) is 3. The van der Waals surface area contributed by atoms with Crippen molar-refractivity contribution in [1.82, 2.24) is 5.32 Å². The molecule has 0 bridgehead atoms. The van der Waals surface area contributed by atoms with Gasteiger partial charge < -0.3 is 10.1 Å². The summed E-state index contributed by atoms with van der Waals surface area (Å²) in [6.07, 6.45) is 2.09. The smallest absolute Gasteiger partial charge is 0.0543 e. The highest BCUT2D eigenvalue weighted by molar-refractivity contribution is 7.98. The molecule has 0 radical (unpaired) electrons. The summed E-state index contributed by atoms with van der Waals surface area (Å²) in [6.45, 7) is 1.71. The van der Waals surface area contributed by atoms with Crippen molar-refractivity contribution in [3.05, 3.63) is 29.8 Å². The Morgan fingerprint density at radius 1 is 1.33 bits per heavy atom. The van der Waals surface area contributed by atoms with E-state index in [0.29, 0.717) is 5.92 Å². The SMILES string of the molecule is CNCC(COC)c1ccc(SC)cc1.